The van der Waals surface area contributed by atoms with Gasteiger partial charge in [-0.05, 0) is 57.5 Å². The number of anilines is 1. The van der Waals surface area contributed by atoms with Gasteiger partial charge >= 0.3 is 0 Å². The summed E-state index contributed by atoms with van der Waals surface area (Å²) in [6.07, 6.45) is 7.22. The van der Waals surface area contributed by atoms with Gasteiger partial charge in [0.15, 0.2) is 0 Å². The molecule has 1 aromatic carbocycles. The Morgan fingerprint density at radius 3 is 2.83 bits per heavy atom. The van der Waals surface area contributed by atoms with Crippen LogP contribution in [0.5, 0.6) is 0 Å². The van der Waals surface area contributed by atoms with Gasteiger partial charge in [-0.15, -0.1) is 0 Å². The fourth-order valence-electron chi connectivity index (χ4n) is 3.77. The van der Waals surface area contributed by atoms with Crippen LogP contribution in [0.15, 0.2) is 40.3 Å². The molecule has 0 spiro atoms. The second kappa shape index (κ2) is 8.39. The van der Waals surface area contributed by atoms with Gasteiger partial charge in [-0.3, -0.25) is 14.5 Å². The van der Waals surface area contributed by atoms with Crippen molar-refractivity contribution in [3.8, 4) is 0 Å². The van der Waals surface area contributed by atoms with Crippen molar-refractivity contribution in [2.45, 2.75) is 45.2 Å². The number of nitrogens with zero attached hydrogens (tertiary/aromatic N) is 5. The summed E-state index contributed by atoms with van der Waals surface area (Å²) in [5.74, 6) is 0.464. The smallest absolute Gasteiger partial charge is 0.269 e. The van der Waals surface area contributed by atoms with Crippen molar-refractivity contribution in [1.82, 2.24) is 20.0 Å². The zero-order chi connectivity index (χ0) is 21.3. The second-order valence-corrected chi connectivity index (χ2v) is 8.22. The van der Waals surface area contributed by atoms with E-state index in [9.17, 15) is 4.79 Å². The van der Waals surface area contributed by atoms with E-state index in [0.717, 1.165) is 41.7 Å². The zero-order valence-electron chi connectivity index (χ0n) is 17.9. The Kier molecular flexibility index (Phi) is 5.67. The Bertz CT molecular complexity index is 1030. The van der Waals surface area contributed by atoms with E-state index in [1.54, 1.807) is 17.8 Å². The van der Waals surface area contributed by atoms with Crippen LogP contribution < -0.4 is 10.6 Å². The van der Waals surface area contributed by atoms with E-state index >= 15 is 0 Å². The number of hydrogen-bond donors (Lipinski definition) is 2. The summed E-state index contributed by atoms with van der Waals surface area (Å²) >= 11 is 0. The van der Waals surface area contributed by atoms with Gasteiger partial charge < -0.3 is 15.5 Å². The van der Waals surface area contributed by atoms with Crippen molar-refractivity contribution in [2.75, 3.05) is 18.4 Å². The first kappa shape index (κ1) is 20.3. The number of amides is 1. The Hall–Kier alpha value is -3.00. The third-order valence-corrected chi connectivity index (χ3v) is 5.64. The molecule has 1 aliphatic carbocycles. The SMILES string of the molecule is C=N/C(=C\N=C(C)C(=O)Nc1cc2cn(C)nc2cc1C)N1CCC(NC2CC2)C1. The lowest BCUT2D eigenvalue weighted by atomic mass is 10.1. The highest BCUT2D eigenvalue weighted by atomic mass is 16.1. The number of likely N-dealkylation sites (tertiary alicyclic amines) is 1. The van der Waals surface area contributed by atoms with Crippen LogP contribution in [0.1, 0.15) is 31.7 Å². The van der Waals surface area contributed by atoms with Crippen LogP contribution in [-0.4, -0.2) is 58.2 Å². The topological polar surface area (TPSA) is 86.9 Å². The number of rotatable bonds is 7. The molecule has 1 saturated heterocycles. The summed E-state index contributed by atoms with van der Waals surface area (Å²) in [6, 6.07) is 5.09. The minimum atomic E-state index is -0.240. The number of carbonyl (C=O) groups is 1. The first-order valence-corrected chi connectivity index (χ1v) is 10.4. The lowest BCUT2D eigenvalue weighted by Crippen LogP contribution is -2.33. The Balaban J connectivity index is 1.42. The molecule has 1 aliphatic heterocycles. The number of aliphatic imine (C=N–C) groups is 2. The lowest BCUT2D eigenvalue weighted by molar-refractivity contribution is -0.110. The van der Waals surface area contributed by atoms with Gasteiger partial charge in [-0.25, -0.2) is 4.99 Å². The van der Waals surface area contributed by atoms with Crippen molar-refractivity contribution in [3.05, 3.63) is 35.9 Å². The molecule has 1 unspecified atom stereocenters. The number of carbonyl (C=O) groups excluding carboxylic acids is 1. The number of benzene rings is 1. The summed E-state index contributed by atoms with van der Waals surface area (Å²) < 4.78 is 1.76. The number of fused-ring (bicyclic) bond motifs is 1. The van der Waals surface area contributed by atoms with Crippen molar-refractivity contribution in [2.24, 2.45) is 17.0 Å². The molecular formula is C22H29N7O. The summed E-state index contributed by atoms with van der Waals surface area (Å²) in [5, 5.41) is 12.0. The number of nitrogens with one attached hydrogen (secondary N) is 2. The highest BCUT2D eigenvalue weighted by molar-refractivity contribution is 6.42. The maximum absolute atomic E-state index is 12.6. The molecule has 30 heavy (non-hydrogen) atoms. The van der Waals surface area contributed by atoms with Crippen molar-refractivity contribution >= 4 is 34.9 Å². The maximum Gasteiger partial charge on any atom is 0.269 e. The molecule has 1 atom stereocenters. The predicted molar refractivity (Wildman–Crippen MR) is 121 cm³/mol. The van der Waals surface area contributed by atoms with E-state index in [-0.39, 0.29) is 5.91 Å². The van der Waals surface area contributed by atoms with Crippen LogP contribution in [-0.2, 0) is 11.8 Å². The normalized spacial score (nSPS) is 20.1. The second-order valence-electron chi connectivity index (χ2n) is 8.22. The van der Waals surface area contributed by atoms with Crippen LogP contribution in [0.4, 0.5) is 5.69 Å². The number of hydrogen-bond acceptors (Lipinski definition) is 6. The third kappa shape index (κ3) is 4.59. The van der Waals surface area contributed by atoms with E-state index in [0.29, 0.717) is 23.6 Å². The molecule has 8 heteroatoms. The van der Waals surface area contributed by atoms with Gasteiger partial charge in [0.25, 0.3) is 5.91 Å². The summed E-state index contributed by atoms with van der Waals surface area (Å²) in [4.78, 5) is 23.3. The highest BCUT2D eigenvalue weighted by Gasteiger charge is 2.29. The molecule has 2 aliphatic rings. The van der Waals surface area contributed by atoms with Crippen LogP contribution >= 0.6 is 0 Å². The van der Waals surface area contributed by atoms with E-state index in [1.807, 2.05) is 32.3 Å². The van der Waals surface area contributed by atoms with Gasteiger partial charge in [0.05, 0.1) is 11.7 Å². The first-order valence-electron chi connectivity index (χ1n) is 10.4. The molecule has 1 aromatic heterocycles. The molecule has 1 saturated carbocycles. The maximum atomic E-state index is 12.6. The van der Waals surface area contributed by atoms with Crippen molar-refractivity contribution < 1.29 is 4.79 Å². The van der Waals surface area contributed by atoms with Gasteiger partial charge in [-0.1, -0.05) is 0 Å². The Morgan fingerprint density at radius 2 is 2.10 bits per heavy atom. The molecule has 2 N–H and O–H groups in total. The van der Waals surface area contributed by atoms with Gasteiger partial charge in [0.2, 0.25) is 0 Å². The molecule has 158 valence electrons. The number of aromatic nitrogens is 2. The monoisotopic (exact) mass is 407 g/mol. The average molecular weight is 408 g/mol. The van der Waals surface area contributed by atoms with Crippen molar-refractivity contribution in [3.63, 3.8) is 0 Å². The van der Waals surface area contributed by atoms with E-state index in [4.69, 9.17) is 0 Å². The highest BCUT2D eigenvalue weighted by Crippen LogP contribution is 2.24. The van der Waals surface area contributed by atoms with E-state index in [2.05, 4.69) is 37.3 Å². The molecule has 2 heterocycles. The Labute approximate surface area is 176 Å². The van der Waals surface area contributed by atoms with Crippen LogP contribution in [0, 0.1) is 6.92 Å². The van der Waals surface area contributed by atoms with Crippen LogP contribution in [0.2, 0.25) is 0 Å². The summed E-state index contributed by atoms with van der Waals surface area (Å²) in [7, 11) is 1.88. The van der Waals surface area contributed by atoms with Crippen molar-refractivity contribution in [1.29, 1.82) is 0 Å². The van der Waals surface area contributed by atoms with Crippen LogP contribution in [0.25, 0.3) is 10.9 Å². The zero-order valence-corrected chi connectivity index (χ0v) is 17.9. The summed E-state index contributed by atoms with van der Waals surface area (Å²) in [5.41, 5.74) is 2.99. The molecule has 4 rings (SSSR count). The lowest BCUT2D eigenvalue weighted by Gasteiger charge is -2.18. The van der Waals surface area contributed by atoms with Gasteiger partial charge in [0, 0.05) is 49.5 Å². The molecule has 8 nitrogen and oxygen atoms in total. The van der Waals surface area contributed by atoms with E-state index < -0.39 is 0 Å². The molecule has 2 fully saturated rings. The third-order valence-electron chi connectivity index (χ3n) is 5.64. The quantitative estimate of drug-likeness (QED) is 0.691. The minimum Gasteiger partial charge on any atom is -0.354 e. The summed E-state index contributed by atoms with van der Waals surface area (Å²) in [6.45, 7) is 9.15. The van der Waals surface area contributed by atoms with Gasteiger partial charge in [-0.2, -0.15) is 5.10 Å². The number of aryl methyl sites for hydroxylation is 2. The Morgan fingerprint density at radius 1 is 1.30 bits per heavy atom. The largest absolute Gasteiger partial charge is 0.354 e. The van der Waals surface area contributed by atoms with Gasteiger partial charge in [0.1, 0.15) is 11.5 Å². The molecule has 0 bridgehead atoms. The molecular weight excluding hydrogens is 378 g/mol. The fourth-order valence-corrected chi connectivity index (χ4v) is 3.77. The predicted octanol–water partition coefficient (Wildman–Crippen LogP) is 2.61. The standard InChI is InChI=1S/C22H29N7O/c1-14-9-20-16(12-28(4)27-20)10-19(14)26-22(30)15(2)24-11-21(23-3)29-8-7-18(13-29)25-17-5-6-17/h9-12,17-18,25H,3,5-8,13H2,1-2,4H3,(H,26,30)/b21-11+,24-15?. The molecule has 0 radical (unpaired) electrons. The van der Waals surface area contributed by atoms with E-state index in [1.165, 1.54) is 12.8 Å². The van der Waals surface area contributed by atoms with Crippen LogP contribution in [0.3, 0.4) is 0 Å². The minimum absolute atomic E-state index is 0.240. The first-order chi connectivity index (χ1) is 14.4. The fraction of sp³-hybridized carbons (Fsp3) is 0.455. The molecule has 2 aromatic rings. The average Bonchev–Trinajstić information content (AvgIpc) is 3.28. The molecule has 1 amide bonds.